The van der Waals surface area contributed by atoms with E-state index in [2.05, 4.69) is 21.2 Å². The topological polar surface area (TPSA) is 84.9 Å². The molecule has 1 amide bonds. The lowest BCUT2D eigenvalue weighted by molar-refractivity contribution is -0.116. The molecule has 0 bridgehead atoms. The lowest BCUT2D eigenvalue weighted by Crippen LogP contribution is -2.35. The molecule has 1 aliphatic heterocycles. The van der Waals surface area contributed by atoms with E-state index in [0.717, 1.165) is 4.31 Å². The molecule has 0 unspecified atom stereocenters. The van der Waals surface area contributed by atoms with Gasteiger partial charge in [0.1, 0.15) is 13.2 Å². The highest BCUT2D eigenvalue weighted by molar-refractivity contribution is 9.10. The zero-order chi connectivity index (χ0) is 19.6. The Bertz CT molecular complexity index is 966. The van der Waals surface area contributed by atoms with Gasteiger partial charge in [0.2, 0.25) is 15.9 Å². The van der Waals surface area contributed by atoms with Gasteiger partial charge in [0, 0.05) is 28.7 Å². The summed E-state index contributed by atoms with van der Waals surface area (Å²) in [4.78, 5) is 12.4. The van der Waals surface area contributed by atoms with Gasteiger partial charge in [-0.2, -0.15) is 4.31 Å². The number of anilines is 1. The van der Waals surface area contributed by atoms with E-state index in [1.807, 2.05) is 0 Å². The van der Waals surface area contributed by atoms with Gasteiger partial charge in [-0.15, -0.1) is 0 Å². The van der Waals surface area contributed by atoms with Crippen molar-refractivity contribution in [2.24, 2.45) is 0 Å². The number of rotatable bonds is 5. The number of sulfonamides is 1. The zero-order valence-electron chi connectivity index (χ0n) is 14.2. The highest BCUT2D eigenvalue weighted by Crippen LogP contribution is 2.38. The summed E-state index contributed by atoms with van der Waals surface area (Å²) >= 11 is 9.14. The maximum atomic E-state index is 12.5. The van der Waals surface area contributed by atoms with E-state index in [4.69, 9.17) is 21.1 Å². The van der Waals surface area contributed by atoms with Crippen molar-refractivity contribution in [3.05, 3.63) is 45.9 Å². The van der Waals surface area contributed by atoms with Gasteiger partial charge in [0.15, 0.2) is 11.5 Å². The SMILES string of the molecule is CN(CC(=O)Nc1cc2c(cc1Br)OCCO2)S(=O)(=O)c1ccc(Cl)cc1. The van der Waals surface area contributed by atoms with Gasteiger partial charge >= 0.3 is 0 Å². The molecule has 27 heavy (non-hydrogen) atoms. The Labute approximate surface area is 170 Å². The summed E-state index contributed by atoms with van der Waals surface area (Å²) < 4.78 is 37.6. The molecule has 0 fully saturated rings. The normalized spacial score (nSPS) is 13.5. The maximum Gasteiger partial charge on any atom is 0.243 e. The van der Waals surface area contributed by atoms with Gasteiger partial charge in [-0.1, -0.05) is 11.6 Å². The molecule has 0 aromatic heterocycles. The van der Waals surface area contributed by atoms with Crippen LogP contribution >= 0.6 is 27.5 Å². The van der Waals surface area contributed by atoms with Gasteiger partial charge in [0.25, 0.3) is 0 Å². The summed E-state index contributed by atoms with van der Waals surface area (Å²) in [5.41, 5.74) is 0.460. The van der Waals surface area contributed by atoms with Gasteiger partial charge in [-0.3, -0.25) is 4.79 Å². The van der Waals surface area contributed by atoms with Crippen LogP contribution in [0.1, 0.15) is 0 Å². The van der Waals surface area contributed by atoms with Crippen LogP contribution < -0.4 is 14.8 Å². The largest absolute Gasteiger partial charge is 0.486 e. The fourth-order valence-electron chi connectivity index (χ4n) is 2.42. The highest BCUT2D eigenvalue weighted by atomic mass is 79.9. The third kappa shape index (κ3) is 4.55. The van der Waals surface area contributed by atoms with E-state index in [9.17, 15) is 13.2 Å². The van der Waals surface area contributed by atoms with E-state index in [0.29, 0.717) is 39.9 Å². The van der Waals surface area contributed by atoms with Crippen molar-refractivity contribution in [2.45, 2.75) is 4.90 Å². The van der Waals surface area contributed by atoms with Crippen LogP contribution in [0.5, 0.6) is 11.5 Å². The molecule has 2 aromatic rings. The maximum absolute atomic E-state index is 12.5. The number of nitrogens with one attached hydrogen (secondary N) is 1. The van der Waals surface area contributed by atoms with Gasteiger partial charge in [-0.05, 0) is 40.2 Å². The van der Waals surface area contributed by atoms with Crippen LogP contribution in [0.15, 0.2) is 45.8 Å². The monoisotopic (exact) mass is 474 g/mol. The number of hydrogen-bond donors (Lipinski definition) is 1. The Morgan fingerprint density at radius 1 is 1.19 bits per heavy atom. The predicted octanol–water partition coefficient (Wildman–Crippen LogP) is 3.13. The Morgan fingerprint density at radius 2 is 1.78 bits per heavy atom. The standard InChI is InChI=1S/C17H16BrClN2O5S/c1-21(27(23,24)12-4-2-11(19)3-5-12)10-17(22)20-14-9-16-15(8-13(14)18)25-6-7-26-16/h2-5,8-9H,6-7,10H2,1H3,(H,20,22). The first-order valence-corrected chi connectivity index (χ1v) is 10.5. The van der Waals surface area contributed by atoms with Crippen molar-refractivity contribution in [2.75, 3.05) is 32.1 Å². The van der Waals surface area contributed by atoms with Crippen molar-refractivity contribution in [3.8, 4) is 11.5 Å². The van der Waals surface area contributed by atoms with Crippen LogP contribution in [0.4, 0.5) is 5.69 Å². The van der Waals surface area contributed by atoms with E-state index in [1.54, 1.807) is 12.1 Å². The average molecular weight is 476 g/mol. The highest BCUT2D eigenvalue weighted by Gasteiger charge is 2.24. The van der Waals surface area contributed by atoms with E-state index in [-0.39, 0.29) is 11.4 Å². The van der Waals surface area contributed by atoms with Crippen LogP contribution in [0.3, 0.4) is 0 Å². The Kier molecular flexibility index (Phi) is 5.95. The molecule has 3 rings (SSSR count). The minimum Gasteiger partial charge on any atom is -0.486 e. The summed E-state index contributed by atoms with van der Waals surface area (Å²) in [6, 6.07) is 9.07. The Morgan fingerprint density at radius 3 is 2.41 bits per heavy atom. The molecule has 0 saturated carbocycles. The molecule has 0 atom stereocenters. The number of amides is 1. The second-order valence-corrected chi connectivity index (χ2v) is 9.07. The zero-order valence-corrected chi connectivity index (χ0v) is 17.4. The molecule has 0 aliphatic carbocycles. The van der Waals surface area contributed by atoms with Gasteiger partial charge in [0.05, 0.1) is 17.1 Å². The second kappa shape index (κ2) is 8.05. The quantitative estimate of drug-likeness (QED) is 0.718. The van der Waals surface area contributed by atoms with Crippen molar-refractivity contribution in [3.63, 3.8) is 0 Å². The molecule has 0 spiro atoms. The van der Waals surface area contributed by atoms with Crippen molar-refractivity contribution < 1.29 is 22.7 Å². The minimum atomic E-state index is -3.81. The first kappa shape index (κ1) is 19.9. The fraction of sp³-hybridized carbons (Fsp3) is 0.235. The first-order chi connectivity index (χ1) is 12.8. The summed E-state index contributed by atoms with van der Waals surface area (Å²) in [5.74, 6) is 0.600. The summed E-state index contributed by atoms with van der Waals surface area (Å²) in [6.45, 7) is 0.522. The van der Waals surface area contributed by atoms with Crippen LogP contribution in [-0.4, -0.2) is 45.4 Å². The van der Waals surface area contributed by atoms with Crippen LogP contribution in [0.25, 0.3) is 0 Å². The minimum absolute atomic E-state index is 0.0581. The number of halogens is 2. The number of likely N-dealkylation sites (N-methyl/N-ethyl adjacent to an activating group) is 1. The third-order valence-electron chi connectivity index (χ3n) is 3.79. The second-order valence-electron chi connectivity index (χ2n) is 5.74. The summed E-state index contributed by atoms with van der Waals surface area (Å²) in [6.07, 6.45) is 0. The number of carbonyl (C=O) groups excluding carboxylic acids is 1. The molecule has 0 saturated heterocycles. The lowest BCUT2D eigenvalue weighted by Gasteiger charge is -2.21. The summed E-state index contributed by atoms with van der Waals surface area (Å²) in [7, 11) is -2.47. The molecule has 1 aliphatic rings. The van der Waals surface area contributed by atoms with Crippen molar-refractivity contribution in [1.29, 1.82) is 0 Å². The first-order valence-electron chi connectivity index (χ1n) is 7.88. The Hall–Kier alpha value is -1.81. The smallest absolute Gasteiger partial charge is 0.243 e. The summed E-state index contributed by atoms with van der Waals surface area (Å²) in [5, 5.41) is 3.10. The number of hydrogen-bond acceptors (Lipinski definition) is 5. The molecular formula is C17H16BrClN2O5S. The lowest BCUT2D eigenvalue weighted by atomic mass is 10.2. The molecule has 1 N–H and O–H groups in total. The van der Waals surface area contributed by atoms with Crippen molar-refractivity contribution >= 4 is 49.1 Å². The van der Waals surface area contributed by atoms with Crippen LogP contribution in [0.2, 0.25) is 5.02 Å². The van der Waals surface area contributed by atoms with Crippen LogP contribution in [-0.2, 0) is 14.8 Å². The number of nitrogens with zero attached hydrogens (tertiary/aromatic N) is 1. The molecule has 7 nitrogen and oxygen atoms in total. The fourth-order valence-corrected chi connectivity index (χ4v) is 4.10. The predicted molar refractivity (Wildman–Crippen MR) is 105 cm³/mol. The molecule has 144 valence electrons. The van der Waals surface area contributed by atoms with Crippen molar-refractivity contribution in [1.82, 2.24) is 4.31 Å². The number of ether oxygens (including phenoxy) is 2. The molecule has 1 heterocycles. The molecule has 2 aromatic carbocycles. The molecule has 0 radical (unpaired) electrons. The molecule has 10 heteroatoms. The van der Waals surface area contributed by atoms with E-state index in [1.165, 1.54) is 31.3 Å². The van der Waals surface area contributed by atoms with Gasteiger partial charge in [-0.25, -0.2) is 8.42 Å². The number of carbonyl (C=O) groups is 1. The number of benzene rings is 2. The Balaban J connectivity index is 1.71. The molecular weight excluding hydrogens is 460 g/mol. The number of fused-ring (bicyclic) bond motifs is 1. The third-order valence-corrected chi connectivity index (χ3v) is 6.52. The van der Waals surface area contributed by atoms with E-state index < -0.39 is 15.9 Å². The van der Waals surface area contributed by atoms with Gasteiger partial charge < -0.3 is 14.8 Å². The van der Waals surface area contributed by atoms with Crippen LogP contribution in [0, 0.1) is 0 Å². The van der Waals surface area contributed by atoms with E-state index >= 15 is 0 Å². The average Bonchev–Trinajstić information content (AvgIpc) is 2.62.